The van der Waals surface area contributed by atoms with Gasteiger partial charge in [-0.2, -0.15) is 12.8 Å². The molecule has 2 unspecified atom stereocenters. The zero-order valence-electron chi connectivity index (χ0n) is 18.1. The fourth-order valence-corrected chi connectivity index (χ4v) is 3.59. The van der Waals surface area contributed by atoms with Gasteiger partial charge in [-0.3, -0.25) is 0 Å². The average Bonchev–Trinajstić information content (AvgIpc) is 3.30. The Morgan fingerprint density at radius 2 is 1.00 bits per heavy atom. The number of fused-ring (bicyclic) bond motifs is 2. The molecule has 2 aliphatic rings. The first-order chi connectivity index (χ1) is 12.8. The van der Waals surface area contributed by atoms with E-state index in [0.29, 0.717) is 11.8 Å². The summed E-state index contributed by atoms with van der Waals surface area (Å²) in [7, 11) is 0. The van der Waals surface area contributed by atoms with E-state index >= 15 is 0 Å². The molecule has 2 atom stereocenters. The Bertz CT molecular complexity index is 695. The van der Waals surface area contributed by atoms with Crippen molar-refractivity contribution in [1.82, 2.24) is 0 Å². The number of allylic oxidation sites excluding steroid dienone is 2. The van der Waals surface area contributed by atoms with E-state index in [-0.39, 0.29) is 39.7 Å². The summed E-state index contributed by atoms with van der Waals surface area (Å²) < 4.78 is 0. The SMILES string of the molecule is Cl.Cl.[CH2-]CCC1C=Cc2ccccc21.[CH2-]CCC1C=Cc2ccccc21.[CH3-].[CH3-].[Si]=[Zr]. The Hall–Kier alpha value is -0.400. The van der Waals surface area contributed by atoms with E-state index < -0.39 is 0 Å². The molecule has 0 saturated carbocycles. The Morgan fingerprint density at radius 1 is 0.667 bits per heavy atom. The Kier molecular flexibility index (Phi) is 22.0. The molecule has 0 nitrogen and oxygen atoms in total. The van der Waals surface area contributed by atoms with Crippen LogP contribution in [-0.2, 0) is 23.3 Å². The van der Waals surface area contributed by atoms with Gasteiger partial charge >= 0.3 is 30.2 Å². The van der Waals surface area contributed by atoms with Gasteiger partial charge in [-0.1, -0.05) is 85.7 Å². The molecule has 0 aromatic heterocycles. The van der Waals surface area contributed by atoms with Crippen molar-refractivity contribution in [2.45, 2.75) is 37.5 Å². The van der Waals surface area contributed by atoms with Crippen LogP contribution in [0.15, 0.2) is 60.7 Å². The summed E-state index contributed by atoms with van der Waals surface area (Å²) in [5.74, 6) is 1.25. The van der Waals surface area contributed by atoms with Crippen LogP contribution in [0.25, 0.3) is 12.2 Å². The first-order valence-electron chi connectivity index (χ1n) is 9.21. The second-order valence-electron chi connectivity index (χ2n) is 6.47. The fraction of sp³-hybridized carbons (Fsp3) is 0.231. The van der Waals surface area contributed by atoms with Crippen molar-refractivity contribution >= 4 is 43.8 Å². The molecule has 0 amide bonds. The molecule has 0 N–H and O–H groups in total. The molecule has 0 fully saturated rings. The van der Waals surface area contributed by atoms with Crippen LogP contribution in [0, 0.1) is 28.7 Å². The maximum absolute atomic E-state index is 3.89. The van der Waals surface area contributed by atoms with Crippen molar-refractivity contribution in [3.05, 3.63) is 112 Å². The molecule has 0 spiro atoms. The van der Waals surface area contributed by atoms with Gasteiger partial charge in [0.25, 0.3) is 0 Å². The third kappa shape index (κ3) is 9.39. The molecule has 2 aromatic rings. The van der Waals surface area contributed by atoms with E-state index in [2.05, 4.69) is 93.6 Å². The van der Waals surface area contributed by atoms with Gasteiger partial charge in [0, 0.05) is 11.8 Å². The van der Waals surface area contributed by atoms with Crippen LogP contribution >= 0.6 is 24.8 Å². The van der Waals surface area contributed by atoms with Gasteiger partial charge in [0.1, 0.15) is 0 Å². The van der Waals surface area contributed by atoms with Crippen molar-refractivity contribution in [2.75, 3.05) is 0 Å². The molecule has 4 rings (SSSR count). The van der Waals surface area contributed by atoms with Crippen LogP contribution in [0.4, 0.5) is 0 Å². The van der Waals surface area contributed by atoms with E-state index in [9.17, 15) is 0 Å². The average molecular weight is 537 g/mol. The van der Waals surface area contributed by atoms with Gasteiger partial charge < -0.3 is 28.7 Å². The van der Waals surface area contributed by atoms with Crippen LogP contribution in [0.1, 0.15) is 59.8 Å². The number of hydrogen-bond donors (Lipinski definition) is 0. The number of rotatable bonds is 4. The molecule has 2 aromatic carbocycles. The summed E-state index contributed by atoms with van der Waals surface area (Å²) in [6.45, 7) is 10.8. The molecule has 4 heteroatoms. The van der Waals surface area contributed by atoms with Gasteiger partial charge in [0.05, 0.1) is 0 Å². The fourth-order valence-electron chi connectivity index (χ4n) is 3.59. The van der Waals surface area contributed by atoms with Crippen LogP contribution in [0.3, 0.4) is 0 Å². The molecule has 2 radical (unpaired) electrons. The predicted octanol–water partition coefficient (Wildman–Crippen LogP) is 8.18. The zero-order valence-corrected chi connectivity index (χ0v) is 23.2. The topological polar surface area (TPSA) is 0 Å². The first kappa shape index (κ1) is 34.2. The molecule has 0 saturated heterocycles. The summed E-state index contributed by atoms with van der Waals surface area (Å²) in [4.78, 5) is 0. The molecule has 0 heterocycles. The van der Waals surface area contributed by atoms with E-state index in [1.54, 1.807) is 0 Å². The summed E-state index contributed by atoms with van der Waals surface area (Å²) >= 11 is 1.36. The van der Waals surface area contributed by atoms with E-state index in [4.69, 9.17) is 0 Å². The van der Waals surface area contributed by atoms with Crippen LogP contribution in [0.5, 0.6) is 0 Å². The first-order valence-corrected chi connectivity index (χ1v) is 13.4. The van der Waals surface area contributed by atoms with Gasteiger partial charge in [0.2, 0.25) is 0 Å². The Morgan fingerprint density at radius 3 is 1.33 bits per heavy atom. The molecule has 30 heavy (non-hydrogen) atoms. The molecule has 2 aliphatic carbocycles. The van der Waals surface area contributed by atoms with E-state index in [1.807, 2.05) is 0 Å². The van der Waals surface area contributed by atoms with Gasteiger partial charge in [-0.15, -0.1) is 24.8 Å². The molecular weight excluding hydrogens is 503 g/mol. The zero-order chi connectivity index (χ0) is 18.8. The summed E-state index contributed by atoms with van der Waals surface area (Å²) in [6, 6.07) is 17.2. The normalized spacial score (nSPS) is 15.8. The number of halogens is 2. The third-order valence-corrected chi connectivity index (χ3v) is 4.84. The summed E-state index contributed by atoms with van der Waals surface area (Å²) in [5, 5.41) is 0. The van der Waals surface area contributed by atoms with Crippen LogP contribution in [0.2, 0.25) is 0 Å². The molecular formula is C26H34Cl2SiZr-4. The minimum atomic E-state index is 0. The van der Waals surface area contributed by atoms with Crippen LogP contribution < -0.4 is 0 Å². The van der Waals surface area contributed by atoms with Crippen molar-refractivity contribution < 1.29 is 23.3 Å². The maximum atomic E-state index is 3.89. The standard InChI is InChI=1S/2C12H13.2CH3.2ClH.Si.Zr/c2*1-2-5-10-8-9-11-6-3-4-7-12(10)11;;;;;;/h2*3-4,6-10H,1-2,5H2;2*1H3;2*1H;;/q4*-1;;;;. The van der Waals surface area contributed by atoms with Crippen molar-refractivity contribution in [3.8, 4) is 0 Å². The molecule has 164 valence electrons. The minimum absolute atomic E-state index is 0. The van der Waals surface area contributed by atoms with E-state index in [0.717, 1.165) is 12.8 Å². The van der Waals surface area contributed by atoms with Crippen molar-refractivity contribution in [1.29, 1.82) is 0 Å². The summed E-state index contributed by atoms with van der Waals surface area (Å²) in [6.07, 6.45) is 13.4. The monoisotopic (exact) mass is 534 g/mol. The number of benzene rings is 2. The molecule has 0 aliphatic heterocycles. The van der Waals surface area contributed by atoms with Crippen LogP contribution in [-0.4, -0.2) is 6.88 Å². The molecule has 0 bridgehead atoms. The van der Waals surface area contributed by atoms with Gasteiger partial charge in [0.15, 0.2) is 0 Å². The quantitative estimate of drug-likeness (QED) is 0.273. The van der Waals surface area contributed by atoms with Gasteiger partial charge in [-0.05, 0) is 22.3 Å². The Labute approximate surface area is 215 Å². The number of hydrogen-bond acceptors (Lipinski definition) is 0. The van der Waals surface area contributed by atoms with Crippen molar-refractivity contribution in [2.24, 2.45) is 0 Å². The summed E-state index contributed by atoms with van der Waals surface area (Å²) in [5.41, 5.74) is 5.72. The Balaban J connectivity index is -0.000000400. The second-order valence-corrected chi connectivity index (χ2v) is 6.47. The third-order valence-electron chi connectivity index (χ3n) is 4.84. The van der Waals surface area contributed by atoms with E-state index in [1.165, 1.54) is 58.4 Å². The van der Waals surface area contributed by atoms with Crippen molar-refractivity contribution in [3.63, 3.8) is 0 Å². The van der Waals surface area contributed by atoms with Gasteiger partial charge in [-0.25, -0.2) is 0 Å². The second kappa shape index (κ2) is 19.3. The predicted molar refractivity (Wildman–Crippen MR) is 139 cm³/mol.